The number of hydrogen-bond donors (Lipinski definition) is 1. The second-order valence-electron chi connectivity index (χ2n) is 7.77. The summed E-state index contributed by atoms with van der Waals surface area (Å²) < 4.78 is 12.9. The first kappa shape index (κ1) is 20.5. The normalized spacial score (nSPS) is 14.2. The van der Waals surface area contributed by atoms with E-state index >= 15 is 0 Å². The number of furan rings is 1. The number of carbonyl (C=O) groups excluding carboxylic acids is 1. The molecule has 0 bridgehead atoms. The van der Waals surface area contributed by atoms with Gasteiger partial charge in [0.1, 0.15) is 6.07 Å². The maximum Gasteiger partial charge on any atom is 0.266 e. The number of nitrogens with zero attached hydrogens (tertiary/aromatic N) is 6. The smallest absolute Gasteiger partial charge is 0.266 e. The number of oxazole rings is 1. The Hall–Kier alpha value is -4.39. The number of pyridine rings is 1. The van der Waals surface area contributed by atoms with Crippen molar-refractivity contribution in [2.75, 3.05) is 23.3 Å². The van der Waals surface area contributed by atoms with Crippen LogP contribution in [-0.2, 0) is 11.3 Å². The third-order valence-electron chi connectivity index (χ3n) is 5.59. The predicted octanol–water partition coefficient (Wildman–Crippen LogP) is 3.30. The fourth-order valence-corrected chi connectivity index (χ4v) is 3.87. The van der Waals surface area contributed by atoms with Gasteiger partial charge in [-0.1, -0.05) is 0 Å². The first-order valence-corrected chi connectivity index (χ1v) is 10.6. The van der Waals surface area contributed by atoms with Crippen molar-refractivity contribution in [1.29, 1.82) is 5.26 Å². The van der Waals surface area contributed by atoms with Gasteiger partial charge in [-0.15, -0.1) is 0 Å². The zero-order valence-electron chi connectivity index (χ0n) is 17.7. The number of amides is 1. The molecule has 0 atom stereocenters. The minimum atomic E-state index is -0.149. The van der Waals surface area contributed by atoms with Gasteiger partial charge in [0, 0.05) is 43.7 Å². The molecular weight excluding hydrogens is 422 g/mol. The SMILES string of the molecule is N#Cc1nc(-c2ccco2)oc1N1CCC(C(=O)Nc2ccn(Cc3ccncc3)n2)CC1. The minimum Gasteiger partial charge on any atom is -0.459 e. The summed E-state index contributed by atoms with van der Waals surface area (Å²) in [7, 11) is 0. The van der Waals surface area contributed by atoms with E-state index in [1.54, 1.807) is 35.3 Å². The number of rotatable bonds is 6. The number of anilines is 2. The van der Waals surface area contributed by atoms with Gasteiger partial charge in [-0.25, -0.2) is 0 Å². The molecule has 1 aliphatic rings. The average Bonchev–Trinajstić information content (AvgIpc) is 3.61. The van der Waals surface area contributed by atoms with E-state index in [1.807, 2.05) is 23.2 Å². The first-order valence-electron chi connectivity index (χ1n) is 10.6. The molecule has 1 amide bonds. The molecule has 4 aromatic heterocycles. The Balaban J connectivity index is 1.18. The van der Waals surface area contributed by atoms with E-state index in [0.29, 0.717) is 49.9 Å². The Morgan fingerprint density at radius 3 is 2.76 bits per heavy atom. The molecule has 0 spiro atoms. The standard InChI is InChI=1S/C23H21N7O3/c24-14-18-23(33-22(26-18)19-2-1-13-32-19)29-10-5-17(6-11-29)21(31)27-20-7-12-30(28-20)15-16-3-8-25-9-4-16/h1-4,7-9,12-13,17H,5-6,10-11,15H2,(H,27,28,31). The maximum absolute atomic E-state index is 12.8. The van der Waals surface area contributed by atoms with E-state index in [-0.39, 0.29) is 23.4 Å². The van der Waals surface area contributed by atoms with Crippen LogP contribution in [0.2, 0.25) is 0 Å². The highest BCUT2D eigenvalue weighted by atomic mass is 16.4. The molecule has 0 aromatic carbocycles. The highest BCUT2D eigenvalue weighted by Crippen LogP contribution is 2.31. The zero-order valence-corrected chi connectivity index (χ0v) is 17.7. The van der Waals surface area contributed by atoms with Crippen LogP contribution in [0.15, 0.2) is 64.0 Å². The van der Waals surface area contributed by atoms with Crippen molar-refractivity contribution >= 4 is 17.6 Å². The predicted molar refractivity (Wildman–Crippen MR) is 118 cm³/mol. The van der Waals surface area contributed by atoms with Crippen LogP contribution in [-0.4, -0.2) is 38.7 Å². The van der Waals surface area contributed by atoms with E-state index in [4.69, 9.17) is 8.83 Å². The lowest BCUT2D eigenvalue weighted by Crippen LogP contribution is -2.38. The summed E-state index contributed by atoms with van der Waals surface area (Å²) in [5.41, 5.74) is 1.29. The van der Waals surface area contributed by atoms with Crippen molar-refractivity contribution in [2.45, 2.75) is 19.4 Å². The van der Waals surface area contributed by atoms with Crippen molar-refractivity contribution in [1.82, 2.24) is 19.7 Å². The van der Waals surface area contributed by atoms with Gasteiger partial charge in [0.2, 0.25) is 17.5 Å². The molecule has 0 aliphatic carbocycles. The highest BCUT2D eigenvalue weighted by molar-refractivity contribution is 5.91. The molecule has 33 heavy (non-hydrogen) atoms. The van der Waals surface area contributed by atoms with E-state index < -0.39 is 0 Å². The lowest BCUT2D eigenvalue weighted by atomic mass is 9.96. The molecular formula is C23H21N7O3. The third kappa shape index (κ3) is 4.48. The van der Waals surface area contributed by atoms with Gasteiger partial charge in [0.05, 0.1) is 12.8 Å². The Labute approximate surface area is 189 Å². The van der Waals surface area contributed by atoms with E-state index in [2.05, 4.69) is 26.5 Å². The molecule has 1 N–H and O–H groups in total. The van der Waals surface area contributed by atoms with Gasteiger partial charge in [-0.2, -0.15) is 15.3 Å². The van der Waals surface area contributed by atoms with E-state index in [1.165, 1.54) is 6.26 Å². The Bertz CT molecular complexity index is 1260. The van der Waals surface area contributed by atoms with Gasteiger partial charge in [-0.3, -0.25) is 14.5 Å². The largest absolute Gasteiger partial charge is 0.459 e. The monoisotopic (exact) mass is 443 g/mol. The first-order chi connectivity index (χ1) is 16.2. The topological polar surface area (TPSA) is 126 Å². The van der Waals surface area contributed by atoms with Crippen LogP contribution in [0.1, 0.15) is 24.1 Å². The fraction of sp³-hybridized carbons (Fsp3) is 0.261. The van der Waals surface area contributed by atoms with Gasteiger partial charge in [-0.05, 0) is 42.7 Å². The molecule has 0 unspecified atom stereocenters. The molecule has 1 saturated heterocycles. The summed E-state index contributed by atoms with van der Waals surface area (Å²) in [4.78, 5) is 23.0. The molecule has 1 fully saturated rings. The Morgan fingerprint density at radius 1 is 1.21 bits per heavy atom. The summed E-state index contributed by atoms with van der Waals surface area (Å²) >= 11 is 0. The van der Waals surface area contributed by atoms with E-state index in [9.17, 15) is 10.1 Å². The fourth-order valence-electron chi connectivity index (χ4n) is 3.87. The number of hydrogen-bond acceptors (Lipinski definition) is 8. The highest BCUT2D eigenvalue weighted by Gasteiger charge is 2.29. The summed E-state index contributed by atoms with van der Waals surface area (Å²) in [5, 5.41) is 16.8. The maximum atomic E-state index is 12.8. The van der Waals surface area contributed by atoms with Crippen molar-refractivity contribution < 1.29 is 13.6 Å². The lowest BCUT2D eigenvalue weighted by Gasteiger charge is -2.30. The van der Waals surface area contributed by atoms with Gasteiger partial charge in [0.15, 0.2) is 11.6 Å². The Kier molecular flexibility index (Phi) is 5.59. The molecule has 5 rings (SSSR count). The van der Waals surface area contributed by atoms with Gasteiger partial charge in [0.25, 0.3) is 5.89 Å². The summed E-state index contributed by atoms with van der Waals surface area (Å²) in [6.45, 7) is 1.77. The number of piperidine rings is 1. The van der Waals surface area contributed by atoms with Crippen LogP contribution in [0.3, 0.4) is 0 Å². The minimum absolute atomic E-state index is 0.0573. The molecule has 166 valence electrons. The lowest BCUT2D eigenvalue weighted by molar-refractivity contribution is -0.120. The van der Waals surface area contributed by atoms with Crippen LogP contribution in [0.4, 0.5) is 11.7 Å². The summed E-state index contributed by atoms with van der Waals surface area (Å²) in [6.07, 6.45) is 8.10. The number of nitriles is 1. The van der Waals surface area contributed by atoms with Gasteiger partial charge < -0.3 is 19.1 Å². The third-order valence-corrected chi connectivity index (χ3v) is 5.59. The molecule has 0 radical (unpaired) electrons. The summed E-state index contributed by atoms with van der Waals surface area (Å²) in [5.74, 6) is 1.48. The van der Waals surface area contributed by atoms with Crippen molar-refractivity contribution in [2.24, 2.45) is 5.92 Å². The number of nitrogens with one attached hydrogen (secondary N) is 1. The second kappa shape index (κ2) is 9.00. The van der Waals surface area contributed by atoms with Gasteiger partial charge >= 0.3 is 0 Å². The average molecular weight is 443 g/mol. The molecule has 1 aliphatic heterocycles. The Morgan fingerprint density at radius 2 is 2.03 bits per heavy atom. The molecule has 4 aromatic rings. The molecule has 10 nitrogen and oxygen atoms in total. The molecule has 10 heteroatoms. The van der Waals surface area contributed by atoms with Crippen molar-refractivity contribution in [3.63, 3.8) is 0 Å². The number of carbonyl (C=O) groups is 1. The summed E-state index contributed by atoms with van der Waals surface area (Å²) in [6, 6.07) is 11.2. The van der Waals surface area contributed by atoms with Crippen LogP contribution < -0.4 is 10.2 Å². The van der Waals surface area contributed by atoms with Crippen molar-refractivity contribution in [3.05, 3.63) is 66.4 Å². The molecule has 5 heterocycles. The van der Waals surface area contributed by atoms with Crippen LogP contribution >= 0.6 is 0 Å². The molecule has 0 saturated carbocycles. The van der Waals surface area contributed by atoms with Crippen LogP contribution in [0.25, 0.3) is 11.7 Å². The van der Waals surface area contributed by atoms with Crippen LogP contribution in [0, 0.1) is 17.2 Å². The zero-order chi connectivity index (χ0) is 22.6. The second-order valence-corrected chi connectivity index (χ2v) is 7.77. The van der Waals surface area contributed by atoms with E-state index in [0.717, 1.165) is 5.56 Å². The van der Waals surface area contributed by atoms with Crippen LogP contribution in [0.5, 0.6) is 0 Å². The quantitative estimate of drug-likeness (QED) is 0.481. The van der Waals surface area contributed by atoms with Crippen molar-refractivity contribution in [3.8, 4) is 17.7 Å². The number of aromatic nitrogens is 4.